The number of aliphatic hydroxyl groups is 1. The van der Waals surface area contributed by atoms with Crippen molar-refractivity contribution in [1.82, 2.24) is 4.90 Å². The second-order valence-corrected chi connectivity index (χ2v) is 4.48. The standard InChI is InChI=1S/C11H21NO2/c1-9(13)7-12(2)8-10-5-3-4-6-11(10)14/h9-10,13H,3-8H2,1-2H3. The van der Waals surface area contributed by atoms with Gasteiger partial charge >= 0.3 is 0 Å². The highest BCUT2D eigenvalue weighted by molar-refractivity contribution is 5.81. The van der Waals surface area contributed by atoms with E-state index in [1.807, 2.05) is 7.05 Å². The number of hydrogen-bond donors (Lipinski definition) is 1. The first-order chi connectivity index (χ1) is 6.59. The molecule has 1 aliphatic rings. The molecule has 14 heavy (non-hydrogen) atoms. The zero-order chi connectivity index (χ0) is 10.6. The number of rotatable bonds is 4. The zero-order valence-electron chi connectivity index (χ0n) is 9.20. The first kappa shape index (κ1) is 11.7. The number of carbonyl (C=O) groups is 1. The topological polar surface area (TPSA) is 40.5 Å². The summed E-state index contributed by atoms with van der Waals surface area (Å²) in [6.07, 6.45) is 3.73. The van der Waals surface area contributed by atoms with Gasteiger partial charge in [0.2, 0.25) is 0 Å². The fraction of sp³-hybridized carbons (Fsp3) is 0.909. The van der Waals surface area contributed by atoms with Crippen LogP contribution in [0.1, 0.15) is 32.6 Å². The Morgan fingerprint density at radius 2 is 2.29 bits per heavy atom. The summed E-state index contributed by atoms with van der Waals surface area (Å²) in [4.78, 5) is 13.6. The second-order valence-electron chi connectivity index (χ2n) is 4.48. The maximum atomic E-state index is 11.5. The summed E-state index contributed by atoms with van der Waals surface area (Å²) in [7, 11) is 1.97. The predicted octanol–water partition coefficient (Wildman–Crippen LogP) is 1.06. The van der Waals surface area contributed by atoms with Gasteiger partial charge in [-0.05, 0) is 26.8 Å². The molecule has 0 heterocycles. The third-order valence-corrected chi connectivity index (χ3v) is 2.79. The largest absolute Gasteiger partial charge is 0.392 e. The molecule has 82 valence electrons. The van der Waals surface area contributed by atoms with Crippen LogP contribution in [0.5, 0.6) is 0 Å². The molecule has 2 atom stereocenters. The first-order valence-corrected chi connectivity index (χ1v) is 5.49. The highest BCUT2D eigenvalue weighted by Gasteiger charge is 2.23. The van der Waals surface area contributed by atoms with Crippen molar-refractivity contribution in [3.05, 3.63) is 0 Å². The van der Waals surface area contributed by atoms with E-state index in [2.05, 4.69) is 4.90 Å². The number of aliphatic hydroxyl groups excluding tert-OH is 1. The Balaban J connectivity index is 2.30. The Morgan fingerprint density at radius 1 is 1.57 bits per heavy atom. The Hall–Kier alpha value is -0.410. The van der Waals surface area contributed by atoms with E-state index < -0.39 is 0 Å². The first-order valence-electron chi connectivity index (χ1n) is 5.49. The van der Waals surface area contributed by atoms with Gasteiger partial charge in [0.05, 0.1) is 6.10 Å². The van der Waals surface area contributed by atoms with Gasteiger partial charge < -0.3 is 10.0 Å². The van der Waals surface area contributed by atoms with Gasteiger partial charge in [-0.2, -0.15) is 0 Å². The molecule has 1 N–H and O–H groups in total. The smallest absolute Gasteiger partial charge is 0.137 e. The maximum Gasteiger partial charge on any atom is 0.137 e. The van der Waals surface area contributed by atoms with Crippen molar-refractivity contribution in [3.63, 3.8) is 0 Å². The molecule has 1 saturated carbocycles. The number of Topliss-reactive ketones (excluding diaryl/α,β-unsaturated/α-hetero) is 1. The van der Waals surface area contributed by atoms with Gasteiger partial charge in [0.1, 0.15) is 5.78 Å². The monoisotopic (exact) mass is 199 g/mol. The molecule has 0 aliphatic heterocycles. The molecular formula is C11H21NO2. The van der Waals surface area contributed by atoms with E-state index in [4.69, 9.17) is 0 Å². The molecule has 0 bridgehead atoms. The lowest BCUT2D eigenvalue weighted by atomic mass is 9.87. The van der Waals surface area contributed by atoms with Gasteiger partial charge in [-0.15, -0.1) is 0 Å². The van der Waals surface area contributed by atoms with Gasteiger partial charge in [0, 0.05) is 25.4 Å². The third kappa shape index (κ3) is 3.76. The lowest BCUT2D eigenvalue weighted by Crippen LogP contribution is -2.35. The van der Waals surface area contributed by atoms with Crippen LogP contribution in [0.2, 0.25) is 0 Å². The predicted molar refractivity (Wildman–Crippen MR) is 56.1 cm³/mol. The Morgan fingerprint density at radius 3 is 2.86 bits per heavy atom. The van der Waals surface area contributed by atoms with Crippen molar-refractivity contribution in [2.24, 2.45) is 5.92 Å². The average molecular weight is 199 g/mol. The SMILES string of the molecule is CC(O)CN(C)CC1CCCCC1=O. The van der Waals surface area contributed by atoms with Crippen molar-refractivity contribution in [2.75, 3.05) is 20.1 Å². The minimum absolute atomic E-state index is 0.215. The van der Waals surface area contributed by atoms with E-state index in [9.17, 15) is 9.90 Å². The quantitative estimate of drug-likeness (QED) is 0.736. The van der Waals surface area contributed by atoms with Crippen LogP contribution in [-0.2, 0) is 4.79 Å². The molecule has 0 aromatic rings. The fourth-order valence-corrected chi connectivity index (χ4v) is 2.15. The summed E-state index contributed by atoms with van der Waals surface area (Å²) in [6, 6.07) is 0. The summed E-state index contributed by atoms with van der Waals surface area (Å²) in [5.74, 6) is 0.626. The van der Waals surface area contributed by atoms with Gasteiger partial charge in [-0.1, -0.05) is 6.42 Å². The molecule has 0 aromatic carbocycles. The summed E-state index contributed by atoms with van der Waals surface area (Å²) in [5.41, 5.74) is 0. The van der Waals surface area contributed by atoms with Gasteiger partial charge in [0.15, 0.2) is 0 Å². The molecule has 0 saturated heterocycles. The second kappa shape index (κ2) is 5.47. The van der Waals surface area contributed by atoms with Crippen molar-refractivity contribution in [3.8, 4) is 0 Å². The van der Waals surface area contributed by atoms with E-state index in [1.54, 1.807) is 6.92 Å². The molecule has 1 aliphatic carbocycles. The normalized spacial score (nSPS) is 25.4. The van der Waals surface area contributed by atoms with Crippen molar-refractivity contribution >= 4 is 5.78 Å². The van der Waals surface area contributed by atoms with E-state index in [0.29, 0.717) is 12.3 Å². The number of likely N-dealkylation sites (N-methyl/N-ethyl adjacent to an activating group) is 1. The van der Waals surface area contributed by atoms with Gasteiger partial charge in [-0.25, -0.2) is 0 Å². The van der Waals surface area contributed by atoms with Crippen molar-refractivity contribution in [1.29, 1.82) is 0 Å². The van der Waals surface area contributed by atoms with Crippen LogP contribution in [0.3, 0.4) is 0 Å². The van der Waals surface area contributed by atoms with Crippen LogP contribution < -0.4 is 0 Å². The Bertz CT molecular complexity index is 192. The van der Waals surface area contributed by atoms with Gasteiger partial charge in [-0.3, -0.25) is 4.79 Å². The van der Waals surface area contributed by atoms with E-state index >= 15 is 0 Å². The number of ketones is 1. The molecule has 0 amide bonds. The summed E-state index contributed by atoms with van der Waals surface area (Å²) in [5, 5.41) is 9.19. The molecule has 3 nitrogen and oxygen atoms in total. The number of hydrogen-bond acceptors (Lipinski definition) is 3. The third-order valence-electron chi connectivity index (χ3n) is 2.79. The van der Waals surface area contributed by atoms with Crippen LogP contribution in [0, 0.1) is 5.92 Å². The number of nitrogens with zero attached hydrogens (tertiary/aromatic N) is 1. The molecule has 0 radical (unpaired) electrons. The van der Waals surface area contributed by atoms with E-state index in [0.717, 1.165) is 25.8 Å². The minimum Gasteiger partial charge on any atom is -0.392 e. The lowest BCUT2D eigenvalue weighted by Gasteiger charge is -2.26. The Labute approximate surface area is 86.1 Å². The Kier molecular flexibility index (Phi) is 4.55. The lowest BCUT2D eigenvalue weighted by molar-refractivity contribution is -0.125. The van der Waals surface area contributed by atoms with Crippen LogP contribution in [-0.4, -0.2) is 42.0 Å². The van der Waals surface area contributed by atoms with Crippen molar-refractivity contribution in [2.45, 2.75) is 38.7 Å². The molecular weight excluding hydrogens is 178 g/mol. The van der Waals surface area contributed by atoms with E-state index in [1.165, 1.54) is 6.42 Å². The molecule has 0 spiro atoms. The zero-order valence-corrected chi connectivity index (χ0v) is 9.20. The molecule has 1 fully saturated rings. The summed E-state index contributed by atoms with van der Waals surface area (Å²) >= 11 is 0. The fourth-order valence-electron chi connectivity index (χ4n) is 2.15. The molecule has 2 unspecified atom stereocenters. The van der Waals surface area contributed by atoms with Crippen LogP contribution in [0.25, 0.3) is 0 Å². The maximum absolute atomic E-state index is 11.5. The molecule has 1 rings (SSSR count). The minimum atomic E-state index is -0.307. The molecule has 0 aromatic heterocycles. The van der Waals surface area contributed by atoms with Gasteiger partial charge in [0.25, 0.3) is 0 Å². The highest BCUT2D eigenvalue weighted by atomic mass is 16.3. The highest BCUT2D eigenvalue weighted by Crippen LogP contribution is 2.21. The van der Waals surface area contributed by atoms with Crippen LogP contribution in [0.15, 0.2) is 0 Å². The van der Waals surface area contributed by atoms with Crippen LogP contribution >= 0.6 is 0 Å². The molecule has 3 heteroatoms. The van der Waals surface area contributed by atoms with Crippen molar-refractivity contribution < 1.29 is 9.90 Å². The van der Waals surface area contributed by atoms with Crippen LogP contribution in [0.4, 0.5) is 0 Å². The average Bonchev–Trinajstić information content (AvgIpc) is 2.07. The summed E-state index contributed by atoms with van der Waals surface area (Å²) < 4.78 is 0. The number of carbonyl (C=O) groups excluding carboxylic acids is 1. The summed E-state index contributed by atoms with van der Waals surface area (Å²) in [6.45, 7) is 3.24. The van der Waals surface area contributed by atoms with E-state index in [-0.39, 0.29) is 12.0 Å².